The first kappa shape index (κ1) is 29.6. The Morgan fingerprint density at radius 2 is 1.54 bits per heavy atom. The lowest BCUT2D eigenvalue weighted by molar-refractivity contribution is -0.144. The van der Waals surface area contributed by atoms with Crippen molar-refractivity contribution in [3.63, 3.8) is 0 Å². The molecule has 9 heteroatoms. The molecule has 1 aliphatic heterocycles. The van der Waals surface area contributed by atoms with Gasteiger partial charge in [-0.3, -0.25) is 24.1 Å². The van der Waals surface area contributed by atoms with Crippen LogP contribution in [0.3, 0.4) is 0 Å². The van der Waals surface area contributed by atoms with Gasteiger partial charge in [0.05, 0.1) is 12.6 Å². The number of likely N-dealkylation sites (N-methyl/N-ethyl adjacent to an activating group) is 1. The van der Waals surface area contributed by atoms with Gasteiger partial charge in [0, 0.05) is 18.9 Å². The monoisotopic (exact) mass is 533 g/mol. The predicted molar refractivity (Wildman–Crippen MR) is 150 cm³/mol. The molecule has 0 aromatic heterocycles. The molecule has 39 heavy (non-hydrogen) atoms. The molecule has 4 amide bonds. The van der Waals surface area contributed by atoms with Gasteiger partial charge in [0.15, 0.2) is 0 Å². The maximum absolute atomic E-state index is 13.6. The van der Waals surface area contributed by atoms with Crippen molar-refractivity contribution in [2.45, 2.75) is 52.2 Å². The van der Waals surface area contributed by atoms with Crippen molar-refractivity contribution >= 4 is 23.6 Å². The fourth-order valence-electron chi connectivity index (χ4n) is 4.26. The van der Waals surface area contributed by atoms with Crippen LogP contribution in [-0.2, 0) is 25.6 Å². The predicted octanol–water partition coefficient (Wildman–Crippen LogP) is 2.37. The van der Waals surface area contributed by atoms with Gasteiger partial charge >= 0.3 is 0 Å². The molecule has 1 aliphatic rings. The summed E-state index contributed by atoms with van der Waals surface area (Å²) in [5.74, 6) is -1.45. The van der Waals surface area contributed by atoms with Crippen molar-refractivity contribution in [3.05, 3.63) is 84.2 Å². The van der Waals surface area contributed by atoms with Gasteiger partial charge in [-0.1, -0.05) is 81.4 Å². The minimum absolute atomic E-state index is 0.222. The van der Waals surface area contributed by atoms with Crippen LogP contribution in [0.2, 0.25) is 0 Å². The summed E-state index contributed by atoms with van der Waals surface area (Å²) < 4.78 is 0. The molecular formula is C30H39N5O4. The molecule has 3 rings (SSSR count). The SMILES string of the molecule is CN[C@@H](C)C(=O)N[C@H](C(=O)NCC(=O)N1C=CN(CCc2ccccc2)C(=O)[C@@H]1c1ccccc1)C(C)(C)C. The van der Waals surface area contributed by atoms with Crippen LogP contribution in [-0.4, -0.2) is 65.6 Å². The lowest BCUT2D eigenvalue weighted by atomic mass is 9.86. The van der Waals surface area contributed by atoms with E-state index in [0.29, 0.717) is 18.5 Å². The van der Waals surface area contributed by atoms with E-state index in [-0.39, 0.29) is 18.4 Å². The number of rotatable bonds is 10. The summed E-state index contributed by atoms with van der Waals surface area (Å²) in [5, 5.41) is 8.29. The Balaban J connectivity index is 1.74. The van der Waals surface area contributed by atoms with E-state index in [0.717, 1.165) is 5.56 Å². The molecule has 0 fully saturated rings. The number of amides is 4. The van der Waals surface area contributed by atoms with Crippen LogP contribution in [0.1, 0.15) is 44.9 Å². The van der Waals surface area contributed by atoms with E-state index in [1.54, 1.807) is 31.3 Å². The molecule has 0 aliphatic carbocycles. The lowest BCUT2D eigenvalue weighted by Crippen LogP contribution is -2.57. The Morgan fingerprint density at radius 3 is 2.13 bits per heavy atom. The van der Waals surface area contributed by atoms with Gasteiger partial charge in [-0.15, -0.1) is 0 Å². The second-order valence-electron chi connectivity index (χ2n) is 10.7. The first-order valence-electron chi connectivity index (χ1n) is 13.2. The van der Waals surface area contributed by atoms with Crippen molar-refractivity contribution in [1.82, 2.24) is 25.8 Å². The summed E-state index contributed by atoms with van der Waals surface area (Å²) >= 11 is 0. The van der Waals surface area contributed by atoms with E-state index in [2.05, 4.69) is 16.0 Å². The molecule has 0 spiro atoms. The Kier molecular flexibility index (Phi) is 10.0. The highest BCUT2D eigenvalue weighted by Gasteiger charge is 2.37. The molecule has 0 saturated carbocycles. The fraction of sp³-hybridized carbons (Fsp3) is 0.400. The van der Waals surface area contributed by atoms with E-state index in [1.807, 2.05) is 81.4 Å². The summed E-state index contributed by atoms with van der Waals surface area (Å²) in [6.07, 6.45) is 3.88. The average molecular weight is 534 g/mol. The lowest BCUT2D eigenvalue weighted by Gasteiger charge is -2.36. The molecule has 0 radical (unpaired) electrons. The zero-order valence-electron chi connectivity index (χ0n) is 23.3. The minimum Gasteiger partial charge on any atom is -0.345 e. The van der Waals surface area contributed by atoms with Gasteiger partial charge < -0.3 is 20.9 Å². The summed E-state index contributed by atoms with van der Waals surface area (Å²) in [7, 11) is 1.66. The first-order chi connectivity index (χ1) is 18.5. The number of benzene rings is 2. The first-order valence-corrected chi connectivity index (χ1v) is 13.2. The minimum atomic E-state index is -0.856. The van der Waals surface area contributed by atoms with Crippen LogP contribution in [0.5, 0.6) is 0 Å². The fourth-order valence-corrected chi connectivity index (χ4v) is 4.26. The van der Waals surface area contributed by atoms with Gasteiger partial charge in [0.1, 0.15) is 12.1 Å². The maximum Gasteiger partial charge on any atom is 0.254 e. The molecule has 0 saturated heterocycles. The summed E-state index contributed by atoms with van der Waals surface area (Å²) in [6, 6.07) is 16.8. The number of hydrogen-bond acceptors (Lipinski definition) is 5. The number of hydrogen-bond donors (Lipinski definition) is 3. The van der Waals surface area contributed by atoms with Crippen molar-refractivity contribution in [1.29, 1.82) is 0 Å². The molecular weight excluding hydrogens is 494 g/mol. The molecule has 2 aromatic carbocycles. The second kappa shape index (κ2) is 13.2. The van der Waals surface area contributed by atoms with Crippen LogP contribution in [0, 0.1) is 5.41 Å². The van der Waals surface area contributed by atoms with Gasteiger partial charge in [0.2, 0.25) is 17.7 Å². The molecule has 3 atom stereocenters. The zero-order valence-corrected chi connectivity index (χ0v) is 23.3. The van der Waals surface area contributed by atoms with Crippen molar-refractivity contribution in [2.24, 2.45) is 5.41 Å². The number of carbonyl (C=O) groups excluding carboxylic acids is 4. The molecule has 0 unspecified atom stereocenters. The Hall–Kier alpha value is -3.98. The molecule has 3 N–H and O–H groups in total. The van der Waals surface area contributed by atoms with E-state index < -0.39 is 35.4 Å². The Morgan fingerprint density at radius 1 is 0.923 bits per heavy atom. The van der Waals surface area contributed by atoms with Crippen molar-refractivity contribution in [3.8, 4) is 0 Å². The van der Waals surface area contributed by atoms with Crippen LogP contribution < -0.4 is 16.0 Å². The van der Waals surface area contributed by atoms with Crippen LogP contribution >= 0.6 is 0 Å². The number of nitrogens with zero attached hydrogens (tertiary/aromatic N) is 2. The Labute approximate surface area is 230 Å². The van der Waals surface area contributed by atoms with Crippen molar-refractivity contribution < 1.29 is 19.2 Å². The molecule has 1 heterocycles. The van der Waals surface area contributed by atoms with Gasteiger partial charge in [-0.25, -0.2) is 0 Å². The van der Waals surface area contributed by atoms with E-state index >= 15 is 0 Å². The third-order valence-corrected chi connectivity index (χ3v) is 6.74. The van der Waals surface area contributed by atoms with Crippen LogP contribution in [0.25, 0.3) is 0 Å². The van der Waals surface area contributed by atoms with Gasteiger partial charge in [-0.05, 0) is 36.9 Å². The Bertz CT molecular complexity index is 1180. The number of nitrogens with one attached hydrogen (secondary N) is 3. The average Bonchev–Trinajstić information content (AvgIpc) is 2.93. The highest BCUT2D eigenvalue weighted by atomic mass is 16.2. The van der Waals surface area contributed by atoms with Gasteiger partial charge in [0.25, 0.3) is 5.91 Å². The van der Waals surface area contributed by atoms with E-state index in [1.165, 1.54) is 4.90 Å². The highest BCUT2D eigenvalue weighted by molar-refractivity contribution is 5.95. The zero-order chi connectivity index (χ0) is 28.6. The molecule has 9 nitrogen and oxygen atoms in total. The number of carbonyl (C=O) groups is 4. The standard InChI is InChI=1S/C30H39N5O4/c1-21(31-5)27(37)33-26(30(2,3)4)28(38)32-20-24(36)35-19-18-34(17-16-22-12-8-6-9-13-22)29(39)25(35)23-14-10-7-11-15-23/h6-15,18-19,21,25-26,31H,16-17,20H2,1-5H3,(H,32,38)(H,33,37)/t21-,25-,26+/m0/s1. The molecule has 208 valence electrons. The molecule has 0 bridgehead atoms. The quantitative estimate of drug-likeness (QED) is 0.434. The molecule has 2 aromatic rings. The largest absolute Gasteiger partial charge is 0.345 e. The third kappa shape index (κ3) is 7.77. The normalized spacial score (nSPS) is 16.9. The van der Waals surface area contributed by atoms with Crippen LogP contribution in [0.4, 0.5) is 0 Å². The smallest absolute Gasteiger partial charge is 0.254 e. The maximum atomic E-state index is 13.6. The summed E-state index contributed by atoms with van der Waals surface area (Å²) in [5.41, 5.74) is 1.20. The summed E-state index contributed by atoms with van der Waals surface area (Å²) in [4.78, 5) is 55.5. The topological polar surface area (TPSA) is 111 Å². The van der Waals surface area contributed by atoms with Crippen molar-refractivity contribution in [2.75, 3.05) is 20.1 Å². The highest BCUT2D eigenvalue weighted by Crippen LogP contribution is 2.28. The third-order valence-electron chi connectivity index (χ3n) is 6.74. The second-order valence-corrected chi connectivity index (χ2v) is 10.7. The summed E-state index contributed by atoms with van der Waals surface area (Å²) in [6.45, 7) is 7.36. The van der Waals surface area contributed by atoms with E-state index in [4.69, 9.17) is 0 Å². The van der Waals surface area contributed by atoms with Gasteiger partial charge in [-0.2, -0.15) is 0 Å². The van der Waals surface area contributed by atoms with Crippen LogP contribution in [0.15, 0.2) is 73.1 Å². The van der Waals surface area contributed by atoms with E-state index in [9.17, 15) is 19.2 Å².